The van der Waals surface area contributed by atoms with Crippen LogP contribution in [0, 0.1) is 0 Å². The first-order valence-corrected chi connectivity index (χ1v) is 8.04. The van der Waals surface area contributed by atoms with E-state index in [2.05, 4.69) is 35.6 Å². The van der Waals surface area contributed by atoms with Crippen molar-refractivity contribution in [2.45, 2.75) is 25.9 Å². The maximum atomic E-state index is 5.87. The summed E-state index contributed by atoms with van der Waals surface area (Å²) in [6.45, 7) is 5.10. The summed E-state index contributed by atoms with van der Waals surface area (Å²) in [5, 5.41) is 2.14. The average molecular weight is 258 g/mol. The molecule has 0 amide bonds. The smallest absolute Gasteiger partial charge is 0.0331 e. The van der Waals surface area contributed by atoms with E-state index < -0.39 is 0 Å². The molecule has 0 bridgehead atoms. The minimum Gasteiger partial charge on any atom is -0.329 e. The Kier molecular flexibility index (Phi) is 7.12. The zero-order chi connectivity index (χ0) is 11.8. The maximum absolute atomic E-state index is 5.87. The van der Waals surface area contributed by atoms with Gasteiger partial charge in [-0.15, -0.1) is 11.3 Å². The molecule has 0 aromatic carbocycles. The maximum Gasteiger partial charge on any atom is 0.0331 e. The van der Waals surface area contributed by atoms with Crippen LogP contribution in [0.5, 0.6) is 0 Å². The zero-order valence-electron chi connectivity index (χ0n) is 10.2. The first-order chi connectivity index (χ1) is 7.81. The lowest BCUT2D eigenvalue weighted by Crippen LogP contribution is -2.40. The minimum absolute atomic E-state index is 0.527. The van der Waals surface area contributed by atoms with Crippen LogP contribution in [0.1, 0.15) is 18.2 Å². The van der Waals surface area contributed by atoms with Crippen LogP contribution in [0.15, 0.2) is 17.5 Å². The van der Waals surface area contributed by atoms with Gasteiger partial charge in [-0.3, -0.25) is 4.90 Å². The topological polar surface area (TPSA) is 29.3 Å². The third-order valence-electron chi connectivity index (χ3n) is 2.79. The van der Waals surface area contributed by atoms with Crippen molar-refractivity contribution in [2.24, 2.45) is 5.73 Å². The normalized spacial score (nSPS) is 13.2. The van der Waals surface area contributed by atoms with Crippen molar-refractivity contribution in [3.63, 3.8) is 0 Å². The van der Waals surface area contributed by atoms with Gasteiger partial charge in [0, 0.05) is 24.0 Å². The molecule has 0 spiro atoms. The van der Waals surface area contributed by atoms with Crippen LogP contribution in [0.4, 0.5) is 0 Å². The molecule has 0 fully saturated rings. The van der Waals surface area contributed by atoms with Crippen molar-refractivity contribution in [1.82, 2.24) is 4.90 Å². The highest BCUT2D eigenvalue weighted by Gasteiger charge is 2.15. The monoisotopic (exact) mass is 258 g/mol. The number of likely N-dealkylation sites (N-methyl/N-ethyl adjacent to an activating group) is 1. The van der Waals surface area contributed by atoms with Gasteiger partial charge in [0.15, 0.2) is 0 Å². The summed E-state index contributed by atoms with van der Waals surface area (Å²) in [5.74, 6) is 1.20. The van der Waals surface area contributed by atoms with Gasteiger partial charge in [-0.2, -0.15) is 11.8 Å². The minimum atomic E-state index is 0.527. The van der Waals surface area contributed by atoms with Gasteiger partial charge in [-0.1, -0.05) is 13.0 Å². The van der Waals surface area contributed by atoms with Crippen LogP contribution in [0.2, 0.25) is 0 Å². The lowest BCUT2D eigenvalue weighted by molar-refractivity contribution is 0.199. The van der Waals surface area contributed by atoms with E-state index in [1.165, 1.54) is 17.1 Å². The highest BCUT2D eigenvalue weighted by Crippen LogP contribution is 2.15. The SMILES string of the molecule is CCN(Cc1cccs1)C(CN)CCSC. The van der Waals surface area contributed by atoms with E-state index in [-0.39, 0.29) is 0 Å². The van der Waals surface area contributed by atoms with Gasteiger partial charge in [0.1, 0.15) is 0 Å². The molecular formula is C12H22N2S2. The predicted octanol–water partition coefficient (Wildman–Crippen LogP) is 2.65. The highest BCUT2D eigenvalue weighted by atomic mass is 32.2. The van der Waals surface area contributed by atoms with Crippen molar-refractivity contribution < 1.29 is 0 Å². The molecule has 1 unspecified atom stereocenters. The second-order valence-corrected chi connectivity index (χ2v) is 5.83. The molecule has 16 heavy (non-hydrogen) atoms. The van der Waals surface area contributed by atoms with E-state index >= 15 is 0 Å². The molecule has 1 aromatic rings. The molecule has 0 saturated heterocycles. The second kappa shape index (κ2) is 8.12. The standard InChI is InChI=1S/C12H22N2S2/c1-3-14(10-12-5-4-7-16-12)11(9-13)6-8-15-2/h4-5,7,11H,3,6,8-10,13H2,1-2H3. The summed E-state index contributed by atoms with van der Waals surface area (Å²) in [5.41, 5.74) is 5.87. The number of rotatable bonds is 8. The Balaban J connectivity index is 2.49. The van der Waals surface area contributed by atoms with Gasteiger partial charge in [0.05, 0.1) is 0 Å². The molecule has 2 N–H and O–H groups in total. The Morgan fingerprint density at radius 3 is 2.88 bits per heavy atom. The Morgan fingerprint density at radius 1 is 1.56 bits per heavy atom. The lowest BCUT2D eigenvalue weighted by atomic mass is 10.2. The van der Waals surface area contributed by atoms with Crippen molar-refractivity contribution in [3.05, 3.63) is 22.4 Å². The lowest BCUT2D eigenvalue weighted by Gasteiger charge is -2.29. The largest absolute Gasteiger partial charge is 0.329 e. The fourth-order valence-electron chi connectivity index (χ4n) is 1.81. The fourth-order valence-corrected chi connectivity index (χ4v) is 3.04. The van der Waals surface area contributed by atoms with Crippen LogP contribution >= 0.6 is 23.1 Å². The van der Waals surface area contributed by atoms with E-state index in [4.69, 9.17) is 5.73 Å². The van der Waals surface area contributed by atoms with E-state index in [0.29, 0.717) is 6.04 Å². The molecule has 0 radical (unpaired) electrons. The van der Waals surface area contributed by atoms with Crippen LogP contribution in [0.25, 0.3) is 0 Å². The van der Waals surface area contributed by atoms with Gasteiger partial charge in [0.2, 0.25) is 0 Å². The number of nitrogens with zero attached hydrogens (tertiary/aromatic N) is 1. The summed E-state index contributed by atoms with van der Waals surface area (Å²) in [4.78, 5) is 3.92. The second-order valence-electron chi connectivity index (χ2n) is 3.81. The fraction of sp³-hybridized carbons (Fsp3) is 0.667. The van der Waals surface area contributed by atoms with E-state index in [1.807, 2.05) is 23.1 Å². The number of thiophene rings is 1. The predicted molar refractivity (Wildman–Crippen MR) is 76.2 cm³/mol. The average Bonchev–Trinajstić information content (AvgIpc) is 2.81. The quantitative estimate of drug-likeness (QED) is 0.777. The molecule has 4 heteroatoms. The van der Waals surface area contributed by atoms with E-state index in [9.17, 15) is 0 Å². The molecule has 2 nitrogen and oxygen atoms in total. The third-order valence-corrected chi connectivity index (χ3v) is 4.29. The summed E-state index contributed by atoms with van der Waals surface area (Å²) >= 11 is 3.73. The molecule has 1 atom stereocenters. The Bertz CT molecular complexity index is 262. The number of hydrogen-bond donors (Lipinski definition) is 1. The van der Waals surface area contributed by atoms with Crippen LogP contribution in [-0.4, -0.2) is 36.0 Å². The molecule has 0 saturated carbocycles. The third kappa shape index (κ3) is 4.45. The first kappa shape index (κ1) is 14.0. The summed E-state index contributed by atoms with van der Waals surface area (Å²) in [6, 6.07) is 4.85. The molecule has 0 aliphatic heterocycles. The Morgan fingerprint density at radius 2 is 2.38 bits per heavy atom. The van der Waals surface area contributed by atoms with Gasteiger partial charge in [-0.25, -0.2) is 0 Å². The number of hydrogen-bond acceptors (Lipinski definition) is 4. The van der Waals surface area contributed by atoms with Crippen LogP contribution in [0.3, 0.4) is 0 Å². The van der Waals surface area contributed by atoms with Crippen molar-refractivity contribution >= 4 is 23.1 Å². The molecule has 1 rings (SSSR count). The first-order valence-electron chi connectivity index (χ1n) is 5.77. The summed E-state index contributed by atoms with van der Waals surface area (Å²) < 4.78 is 0. The van der Waals surface area contributed by atoms with Gasteiger partial charge >= 0.3 is 0 Å². The molecule has 1 aromatic heterocycles. The van der Waals surface area contributed by atoms with Crippen molar-refractivity contribution in [2.75, 3.05) is 25.1 Å². The Hall–Kier alpha value is -0.0300. The summed E-state index contributed by atoms with van der Waals surface area (Å²) in [6.07, 6.45) is 3.35. The van der Waals surface area contributed by atoms with Crippen molar-refractivity contribution in [1.29, 1.82) is 0 Å². The van der Waals surface area contributed by atoms with Gasteiger partial charge in [-0.05, 0) is 36.4 Å². The van der Waals surface area contributed by atoms with Crippen LogP contribution in [-0.2, 0) is 6.54 Å². The zero-order valence-corrected chi connectivity index (χ0v) is 11.8. The van der Waals surface area contributed by atoms with Gasteiger partial charge in [0.25, 0.3) is 0 Å². The molecule has 0 aliphatic rings. The van der Waals surface area contributed by atoms with Crippen LogP contribution < -0.4 is 5.73 Å². The number of nitrogens with two attached hydrogens (primary N) is 1. The molecule has 1 heterocycles. The Labute approximate surface area is 107 Å². The summed E-state index contributed by atoms with van der Waals surface area (Å²) in [7, 11) is 0. The van der Waals surface area contributed by atoms with Gasteiger partial charge < -0.3 is 5.73 Å². The number of thioether (sulfide) groups is 1. The highest BCUT2D eigenvalue weighted by molar-refractivity contribution is 7.98. The van der Waals surface area contributed by atoms with E-state index in [0.717, 1.165) is 19.6 Å². The molecular weight excluding hydrogens is 236 g/mol. The molecule has 92 valence electrons. The molecule has 0 aliphatic carbocycles. The van der Waals surface area contributed by atoms with Crippen molar-refractivity contribution in [3.8, 4) is 0 Å². The van der Waals surface area contributed by atoms with E-state index in [1.54, 1.807) is 0 Å².